The van der Waals surface area contributed by atoms with Crippen molar-refractivity contribution in [1.82, 2.24) is 5.32 Å². The summed E-state index contributed by atoms with van der Waals surface area (Å²) in [4.78, 5) is 0. The SMILES string of the molecule is COC1CCC(NCc2ccc(Cl)cc2)C1. The Hall–Kier alpha value is -0.570. The van der Waals surface area contributed by atoms with Gasteiger partial charge in [-0.3, -0.25) is 0 Å². The van der Waals surface area contributed by atoms with Gasteiger partial charge < -0.3 is 10.1 Å². The minimum atomic E-state index is 0.447. The molecule has 1 aromatic carbocycles. The van der Waals surface area contributed by atoms with Gasteiger partial charge in [0.1, 0.15) is 0 Å². The molecule has 0 amide bonds. The Morgan fingerprint density at radius 2 is 2.06 bits per heavy atom. The van der Waals surface area contributed by atoms with Crippen molar-refractivity contribution in [2.75, 3.05) is 7.11 Å². The number of rotatable bonds is 4. The molecular formula is C13H18ClNO. The molecule has 1 aromatic rings. The van der Waals surface area contributed by atoms with Gasteiger partial charge >= 0.3 is 0 Å². The highest BCUT2D eigenvalue weighted by Crippen LogP contribution is 2.21. The third kappa shape index (κ3) is 3.21. The molecule has 0 aliphatic heterocycles. The fraction of sp³-hybridized carbons (Fsp3) is 0.538. The van der Waals surface area contributed by atoms with Gasteiger partial charge in [0.15, 0.2) is 0 Å². The molecule has 1 saturated carbocycles. The molecular weight excluding hydrogens is 222 g/mol. The Morgan fingerprint density at radius 3 is 2.69 bits per heavy atom. The van der Waals surface area contributed by atoms with Gasteiger partial charge in [-0.1, -0.05) is 23.7 Å². The molecule has 1 aliphatic carbocycles. The highest BCUT2D eigenvalue weighted by atomic mass is 35.5. The summed E-state index contributed by atoms with van der Waals surface area (Å²) >= 11 is 5.84. The molecule has 1 aliphatic rings. The second kappa shape index (κ2) is 5.67. The second-order valence-electron chi connectivity index (χ2n) is 4.38. The molecule has 0 radical (unpaired) electrons. The zero-order valence-corrected chi connectivity index (χ0v) is 10.3. The number of hydrogen-bond acceptors (Lipinski definition) is 2. The maximum absolute atomic E-state index is 5.84. The van der Waals surface area contributed by atoms with Crippen LogP contribution in [0.5, 0.6) is 0 Å². The minimum absolute atomic E-state index is 0.447. The molecule has 1 fully saturated rings. The summed E-state index contributed by atoms with van der Waals surface area (Å²) in [6.45, 7) is 0.915. The summed E-state index contributed by atoms with van der Waals surface area (Å²) in [5, 5.41) is 4.35. The van der Waals surface area contributed by atoms with Crippen LogP contribution >= 0.6 is 11.6 Å². The monoisotopic (exact) mass is 239 g/mol. The predicted octanol–water partition coefficient (Wildman–Crippen LogP) is 3.00. The van der Waals surface area contributed by atoms with Gasteiger partial charge in [0.25, 0.3) is 0 Å². The summed E-state index contributed by atoms with van der Waals surface area (Å²) < 4.78 is 5.35. The van der Waals surface area contributed by atoms with E-state index in [0.717, 1.165) is 18.0 Å². The molecule has 2 rings (SSSR count). The van der Waals surface area contributed by atoms with Crippen molar-refractivity contribution in [3.8, 4) is 0 Å². The second-order valence-corrected chi connectivity index (χ2v) is 4.81. The third-order valence-electron chi connectivity index (χ3n) is 3.23. The first kappa shape index (κ1) is 11.9. The molecule has 0 heterocycles. The maximum Gasteiger partial charge on any atom is 0.0586 e. The Bertz CT molecular complexity index is 325. The number of hydrogen-bond donors (Lipinski definition) is 1. The van der Waals surface area contributed by atoms with E-state index in [-0.39, 0.29) is 0 Å². The fourth-order valence-corrected chi connectivity index (χ4v) is 2.33. The highest BCUT2D eigenvalue weighted by Gasteiger charge is 2.23. The van der Waals surface area contributed by atoms with E-state index in [1.807, 2.05) is 12.1 Å². The molecule has 0 spiro atoms. The lowest BCUT2D eigenvalue weighted by atomic mass is 10.2. The van der Waals surface area contributed by atoms with Crippen LogP contribution in [0.4, 0.5) is 0 Å². The van der Waals surface area contributed by atoms with Crippen LogP contribution in [-0.2, 0) is 11.3 Å². The van der Waals surface area contributed by atoms with E-state index < -0.39 is 0 Å². The van der Waals surface area contributed by atoms with E-state index in [2.05, 4.69) is 17.4 Å². The first-order valence-electron chi connectivity index (χ1n) is 5.78. The minimum Gasteiger partial charge on any atom is -0.381 e. The number of nitrogens with one attached hydrogen (secondary N) is 1. The Balaban J connectivity index is 1.77. The summed E-state index contributed by atoms with van der Waals surface area (Å²) in [5.41, 5.74) is 1.28. The van der Waals surface area contributed by atoms with Gasteiger partial charge in [-0.15, -0.1) is 0 Å². The van der Waals surface area contributed by atoms with E-state index in [0.29, 0.717) is 12.1 Å². The Kier molecular flexibility index (Phi) is 4.22. The quantitative estimate of drug-likeness (QED) is 0.872. The smallest absolute Gasteiger partial charge is 0.0586 e. The van der Waals surface area contributed by atoms with Crippen LogP contribution in [0.25, 0.3) is 0 Å². The van der Waals surface area contributed by atoms with E-state index in [9.17, 15) is 0 Å². The van der Waals surface area contributed by atoms with Gasteiger partial charge in [-0.2, -0.15) is 0 Å². The van der Waals surface area contributed by atoms with E-state index >= 15 is 0 Å². The van der Waals surface area contributed by atoms with Crippen LogP contribution in [0.1, 0.15) is 24.8 Å². The van der Waals surface area contributed by atoms with Gasteiger partial charge in [0, 0.05) is 24.7 Å². The highest BCUT2D eigenvalue weighted by molar-refractivity contribution is 6.30. The molecule has 88 valence electrons. The van der Waals surface area contributed by atoms with Crippen molar-refractivity contribution in [3.05, 3.63) is 34.9 Å². The summed E-state index contributed by atoms with van der Waals surface area (Å²) in [5.74, 6) is 0. The van der Waals surface area contributed by atoms with Crippen LogP contribution in [-0.4, -0.2) is 19.3 Å². The topological polar surface area (TPSA) is 21.3 Å². The normalized spacial score (nSPS) is 24.9. The lowest BCUT2D eigenvalue weighted by Crippen LogP contribution is -2.26. The summed E-state index contributed by atoms with van der Waals surface area (Å²) in [6, 6.07) is 8.60. The molecule has 1 N–H and O–H groups in total. The molecule has 2 atom stereocenters. The van der Waals surface area contributed by atoms with E-state index in [1.165, 1.54) is 18.4 Å². The first-order chi connectivity index (χ1) is 7.78. The first-order valence-corrected chi connectivity index (χ1v) is 6.16. The van der Waals surface area contributed by atoms with Gasteiger partial charge in [0.2, 0.25) is 0 Å². The van der Waals surface area contributed by atoms with Crippen LogP contribution in [0.2, 0.25) is 5.02 Å². The van der Waals surface area contributed by atoms with Crippen LogP contribution in [0.3, 0.4) is 0 Å². The molecule has 3 heteroatoms. The van der Waals surface area contributed by atoms with Gasteiger partial charge in [0.05, 0.1) is 6.10 Å². The summed E-state index contributed by atoms with van der Waals surface area (Å²) in [7, 11) is 1.80. The lowest BCUT2D eigenvalue weighted by molar-refractivity contribution is 0.107. The number of halogens is 1. The standard InChI is InChI=1S/C13H18ClNO/c1-16-13-7-6-12(8-13)15-9-10-2-4-11(14)5-3-10/h2-5,12-13,15H,6-9H2,1H3. The molecule has 16 heavy (non-hydrogen) atoms. The van der Waals surface area contributed by atoms with Crippen LogP contribution < -0.4 is 5.32 Å². The van der Waals surface area contributed by atoms with Gasteiger partial charge in [-0.25, -0.2) is 0 Å². The predicted molar refractivity (Wildman–Crippen MR) is 66.7 cm³/mol. The molecule has 0 bridgehead atoms. The zero-order chi connectivity index (χ0) is 11.4. The van der Waals surface area contributed by atoms with Crippen LogP contribution in [0, 0.1) is 0 Å². The molecule has 0 aromatic heterocycles. The van der Waals surface area contributed by atoms with Crippen LogP contribution in [0.15, 0.2) is 24.3 Å². The van der Waals surface area contributed by atoms with Crippen molar-refractivity contribution in [3.63, 3.8) is 0 Å². The zero-order valence-electron chi connectivity index (χ0n) is 9.58. The number of benzene rings is 1. The molecule has 2 nitrogen and oxygen atoms in total. The van der Waals surface area contributed by atoms with Crippen molar-refractivity contribution < 1.29 is 4.74 Å². The number of ether oxygens (including phenoxy) is 1. The molecule has 0 saturated heterocycles. The largest absolute Gasteiger partial charge is 0.381 e. The Labute approximate surface area is 102 Å². The maximum atomic E-state index is 5.84. The summed E-state index contributed by atoms with van der Waals surface area (Å²) in [6.07, 6.45) is 3.97. The van der Waals surface area contributed by atoms with Crippen molar-refractivity contribution in [2.24, 2.45) is 0 Å². The lowest BCUT2D eigenvalue weighted by Gasteiger charge is -2.12. The van der Waals surface area contributed by atoms with Crippen molar-refractivity contribution in [2.45, 2.75) is 38.0 Å². The fourth-order valence-electron chi connectivity index (χ4n) is 2.20. The van der Waals surface area contributed by atoms with E-state index in [4.69, 9.17) is 16.3 Å². The average Bonchev–Trinajstić information content (AvgIpc) is 2.76. The van der Waals surface area contributed by atoms with Crippen molar-refractivity contribution >= 4 is 11.6 Å². The van der Waals surface area contributed by atoms with Crippen molar-refractivity contribution in [1.29, 1.82) is 0 Å². The Morgan fingerprint density at radius 1 is 1.31 bits per heavy atom. The van der Waals surface area contributed by atoms with Gasteiger partial charge in [-0.05, 0) is 37.0 Å². The van der Waals surface area contributed by atoms with E-state index in [1.54, 1.807) is 7.11 Å². The molecule has 2 unspecified atom stereocenters. The average molecular weight is 240 g/mol. The third-order valence-corrected chi connectivity index (χ3v) is 3.48. The number of methoxy groups -OCH3 is 1.